The fraction of sp³-hybridized carbons (Fsp3) is 0.391. The molecule has 0 amide bonds. The molecule has 142 valence electrons. The second-order valence-corrected chi connectivity index (χ2v) is 7.36. The fourth-order valence-corrected chi connectivity index (χ4v) is 2.93. The normalized spacial score (nSPS) is 13.8. The van der Waals surface area contributed by atoms with Crippen molar-refractivity contribution in [1.29, 1.82) is 0 Å². The summed E-state index contributed by atoms with van der Waals surface area (Å²) in [6.45, 7) is 7.15. The summed E-state index contributed by atoms with van der Waals surface area (Å²) in [5.74, 6) is 0.452. The summed E-state index contributed by atoms with van der Waals surface area (Å²) in [5.41, 5.74) is 5.72. The lowest BCUT2D eigenvalue weighted by atomic mass is 10.0. The van der Waals surface area contributed by atoms with Crippen LogP contribution < -0.4 is 0 Å². The van der Waals surface area contributed by atoms with E-state index in [1.807, 2.05) is 44.3 Å². The molecule has 0 spiro atoms. The summed E-state index contributed by atoms with van der Waals surface area (Å²) < 4.78 is 5.54. The second-order valence-electron chi connectivity index (χ2n) is 7.36. The first-order valence-electron chi connectivity index (χ1n) is 9.59. The van der Waals surface area contributed by atoms with Crippen molar-refractivity contribution in [2.75, 3.05) is 13.6 Å². The Morgan fingerprint density at radius 3 is 2.52 bits per heavy atom. The molecule has 4 nitrogen and oxygen atoms in total. The molecule has 27 heavy (non-hydrogen) atoms. The summed E-state index contributed by atoms with van der Waals surface area (Å²) in [7, 11) is 1.98. The molecule has 0 atom stereocenters. The van der Waals surface area contributed by atoms with Crippen molar-refractivity contribution in [2.24, 2.45) is 4.99 Å². The number of benzene rings is 2. The zero-order chi connectivity index (χ0) is 19.4. The topological polar surface area (TPSA) is 41.9 Å². The predicted molar refractivity (Wildman–Crippen MR) is 110 cm³/mol. The molecule has 0 saturated heterocycles. The Kier molecular flexibility index (Phi) is 5.94. The molecule has 1 aliphatic rings. The fourth-order valence-electron chi connectivity index (χ4n) is 2.93. The van der Waals surface area contributed by atoms with Gasteiger partial charge in [-0.05, 0) is 73.9 Å². The van der Waals surface area contributed by atoms with Gasteiger partial charge in [-0.1, -0.05) is 24.3 Å². The molecular formula is C23H28N2O2. The highest BCUT2D eigenvalue weighted by Gasteiger charge is 2.23. The van der Waals surface area contributed by atoms with Crippen LogP contribution in [0.2, 0.25) is 0 Å². The molecule has 0 aliphatic heterocycles. The number of esters is 1. The third-order valence-electron chi connectivity index (χ3n) is 5.05. The number of rotatable bonds is 7. The number of carbonyl (C=O) groups excluding carboxylic acids is 1. The van der Waals surface area contributed by atoms with Gasteiger partial charge in [-0.3, -0.25) is 0 Å². The van der Waals surface area contributed by atoms with Crippen LogP contribution in [0.1, 0.15) is 58.3 Å². The first-order chi connectivity index (χ1) is 13.0. The Labute approximate surface area is 161 Å². The maximum absolute atomic E-state index is 12.5. The summed E-state index contributed by atoms with van der Waals surface area (Å²) in [4.78, 5) is 19.0. The van der Waals surface area contributed by atoms with Crippen molar-refractivity contribution in [1.82, 2.24) is 4.90 Å². The Morgan fingerprint density at radius 2 is 1.89 bits per heavy atom. The Balaban J connectivity index is 1.65. The molecule has 0 aromatic heterocycles. The average molecular weight is 364 g/mol. The molecule has 1 saturated carbocycles. The number of carbonyl (C=O) groups is 1. The number of nitrogens with zero attached hydrogens (tertiary/aromatic N) is 2. The van der Waals surface area contributed by atoms with Gasteiger partial charge in [-0.25, -0.2) is 9.79 Å². The molecular weight excluding hydrogens is 336 g/mol. The number of aliphatic imine (C=N–C) groups is 1. The van der Waals surface area contributed by atoms with E-state index in [0.29, 0.717) is 12.2 Å². The smallest absolute Gasteiger partial charge is 0.338 e. The minimum Gasteiger partial charge on any atom is -0.457 e. The Hall–Kier alpha value is -2.62. The standard InChI is InChI=1S/C23H28N2O2/c1-5-25(4)15-24-22-13-16(2)21(12-17(22)3)23(26)27-14-18-6-8-19(9-7-18)20-10-11-20/h6-9,12-13,15,20H,5,10-11,14H2,1-4H3. The quantitative estimate of drug-likeness (QED) is 0.388. The third-order valence-corrected chi connectivity index (χ3v) is 5.05. The van der Waals surface area contributed by atoms with E-state index in [1.54, 1.807) is 0 Å². The van der Waals surface area contributed by atoms with Crippen molar-refractivity contribution in [3.63, 3.8) is 0 Å². The van der Waals surface area contributed by atoms with Gasteiger partial charge in [0.2, 0.25) is 0 Å². The molecule has 1 aliphatic carbocycles. The van der Waals surface area contributed by atoms with E-state index in [0.717, 1.165) is 34.8 Å². The van der Waals surface area contributed by atoms with Gasteiger partial charge >= 0.3 is 5.97 Å². The van der Waals surface area contributed by atoms with E-state index >= 15 is 0 Å². The lowest BCUT2D eigenvalue weighted by molar-refractivity contribution is 0.0472. The highest BCUT2D eigenvalue weighted by atomic mass is 16.5. The lowest BCUT2D eigenvalue weighted by Gasteiger charge is -2.12. The van der Waals surface area contributed by atoms with Crippen LogP contribution in [-0.4, -0.2) is 30.8 Å². The SMILES string of the molecule is CCN(C)C=Nc1cc(C)c(C(=O)OCc2ccc(C3CC3)cc2)cc1C. The third kappa shape index (κ3) is 4.97. The maximum Gasteiger partial charge on any atom is 0.338 e. The van der Waals surface area contributed by atoms with Gasteiger partial charge in [-0.15, -0.1) is 0 Å². The minimum atomic E-state index is -0.289. The van der Waals surface area contributed by atoms with E-state index in [9.17, 15) is 4.79 Å². The summed E-state index contributed by atoms with van der Waals surface area (Å²) in [6, 6.07) is 12.2. The van der Waals surface area contributed by atoms with Crippen LogP contribution in [-0.2, 0) is 11.3 Å². The highest BCUT2D eigenvalue weighted by molar-refractivity contribution is 5.92. The molecule has 0 heterocycles. The van der Waals surface area contributed by atoms with Gasteiger partial charge in [0.05, 0.1) is 17.6 Å². The van der Waals surface area contributed by atoms with Gasteiger partial charge in [0.15, 0.2) is 0 Å². The maximum atomic E-state index is 12.5. The molecule has 2 aromatic carbocycles. The van der Waals surface area contributed by atoms with E-state index in [1.165, 1.54) is 18.4 Å². The van der Waals surface area contributed by atoms with Crippen molar-refractivity contribution in [3.05, 3.63) is 64.2 Å². The van der Waals surface area contributed by atoms with Gasteiger partial charge in [0.1, 0.15) is 6.61 Å². The summed E-state index contributed by atoms with van der Waals surface area (Å²) in [6.07, 6.45) is 4.40. The molecule has 1 fully saturated rings. The molecule has 0 bridgehead atoms. The van der Waals surface area contributed by atoms with Crippen molar-refractivity contribution >= 4 is 18.0 Å². The van der Waals surface area contributed by atoms with Crippen LogP contribution in [0, 0.1) is 13.8 Å². The number of hydrogen-bond acceptors (Lipinski definition) is 3. The molecule has 2 aromatic rings. The number of hydrogen-bond donors (Lipinski definition) is 0. The van der Waals surface area contributed by atoms with Gasteiger partial charge in [-0.2, -0.15) is 0 Å². The minimum absolute atomic E-state index is 0.289. The van der Waals surface area contributed by atoms with Crippen LogP contribution in [0.25, 0.3) is 0 Å². The van der Waals surface area contributed by atoms with Crippen LogP contribution >= 0.6 is 0 Å². The molecule has 4 heteroatoms. The van der Waals surface area contributed by atoms with Crippen molar-refractivity contribution in [2.45, 2.75) is 46.1 Å². The van der Waals surface area contributed by atoms with Crippen molar-refractivity contribution in [3.8, 4) is 0 Å². The predicted octanol–water partition coefficient (Wildman–Crippen LogP) is 5.15. The Morgan fingerprint density at radius 1 is 1.19 bits per heavy atom. The number of ether oxygens (including phenoxy) is 1. The largest absolute Gasteiger partial charge is 0.457 e. The molecule has 0 N–H and O–H groups in total. The van der Waals surface area contributed by atoms with Crippen LogP contribution in [0.15, 0.2) is 41.4 Å². The van der Waals surface area contributed by atoms with E-state index in [-0.39, 0.29) is 5.97 Å². The summed E-state index contributed by atoms with van der Waals surface area (Å²) >= 11 is 0. The first-order valence-corrected chi connectivity index (χ1v) is 9.59. The highest BCUT2D eigenvalue weighted by Crippen LogP contribution is 2.39. The first kappa shape index (κ1) is 19.2. The zero-order valence-electron chi connectivity index (χ0n) is 16.7. The van der Waals surface area contributed by atoms with Gasteiger partial charge in [0.25, 0.3) is 0 Å². The van der Waals surface area contributed by atoms with Crippen LogP contribution in [0.3, 0.4) is 0 Å². The van der Waals surface area contributed by atoms with E-state index in [4.69, 9.17) is 4.74 Å². The number of aryl methyl sites for hydroxylation is 2. The monoisotopic (exact) mass is 364 g/mol. The zero-order valence-corrected chi connectivity index (χ0v) is 16.7. The van der Waals surface area contributed by atoms with Crippen LogP contribution in [0.4, 0.5) is 5.69 Å². The molecule has 0 unspecified atom stereocenters. The Bertz CT molecular complexity index is 836. The van der Waals surface area contributed by atoms with E-state index < -0.39 is 0 Å². The molecule has 0 radical (unpaired) electrons. The van der Waals surface area contributed by atoms with Gasteiger partial charge in [0, 0.05) is 13.6 Å². The van der Waals surface area contributed by atoms with Crippen molar-refractivity contribution < 1.29 is 9.53 Å². The van der Waals surface area contributed by atoms with E-state index in [2.05, 4.69) is 36.2 Å². The van der Waals surface area contributed by atoms with Gasteiger partial charge < -0.3 is 9.64 Å². The lowest BCUT2D eigenvalue weighted by Crippen LogP contribution is -2.14. The second kappa shape index (κ2) is 8.38. The van der Waals surface area contributed by atoms with Crippen LogP contribution in [0.5, 0.6) is 0 Å². The molecule has 3 rings (SSSR count). The summed E-state index contributed by atoms with van der Waals surface area (Å²) in [5, 5.41) is 0. The average Bonchev–Trinajstić information content (AvgIpc) is 3.51.